The number of benzene rings is 1. The van der Waals surface area contributed by atoms with Crippen LogP contribution in [0.25, 0.3) is 0 Å². The van der Waals surface area contributed by atoms with Crippen molar-refractivity contribution in [3.63, 3.8) is 0 Å². The third-order valence-corrected chi connectivity index (χ3v) is 7.59. The van der Waals surface area contributed by atoms with Crippen molar-refractivity contribution >= 4 is 20.2 Å². The monoisotopic (exact) mass is 328 g/mol. The molecule has 1 rings (SSSR count). The van der Waals surface area contributed by atoms with Gasteiger partial charge in [-0.25, -0.2) is 0 Å². The van der Waals surface area contributed by atoms with E-state index in [1.807, 2.05) is 25.1 Å². The average molecular weight is 329 g/mol. The summed E-state index contributed by atoms with van der Waals surface area (Å²) in [6.45, 7) is 9.43. The lowest BCUT2D eigenvalue weighted by atomic mass is 10.2. The van der Waals surface area contributed by atoms with Gasteiger partial charge in [0.05, 0.1) is 0 Å². The molecule has 0 fully saturated rings. The van der Waals surface area contributed by atoms with E-state index in [0.717, 1.165) is 41.5 Å². The van der Waals surface area contributed by atoms with Gasteiger partial charge >= 0.3 is 8.56 Å². The molecule has 0 heterocycles. The Morgan fingerprint density at radius 3 is 2.33 bits per heavy atom. The minimum Gasteiger partial charge on any atom is -0.520 e. The predicted molar refractivity (Wildman–Crippen MR) is 93.6 cm³/mol. The number of hydrogen-bond donors (Lipinski definition) is 0. The maximum atomic E-state index is 6.35. The molecule has 0 aliphatic carbocycles. The first kappa shape index (κ1) is 18.5. The van der Waals surface area contributed by atoms with Crippen LogP contribution in [0.3, 0.4) is 0 Å². The van der Waals surface area contributed by atoms with Crippen molar-refractivity contribution in [2.75, 3.05) is 6.61 Å². The minimum atomic E-state index is -2.14. The molecule has 0 unspecified atom stereocenters. The van der Waals surface area contributed by atoms with Crippen molar-refractivity contribution < 1.29 is 8.85 Å². The molecule has 0 spiro atoms. The van der Waals surface area contributed by atoms with Gasteiger partial charge in [0.2, 0.25) is 0 Å². The molecular weight excluding hydrogens is 300 g/mol. The van der Waals surface area contributed by atoms with E-state index in [4.69, 9.17) is 20.5 Å². The van der Waals surface area contributed by atoms with E-state index < -0.39 is 8.56 Å². The third-order valence-electron chi connectivity index (χ3n) is 3.87. The molecule has 1 aromatic rings. The summed E-state index contributed by atoms with van der Waals surface area (Å²) in [7, 11) is -2.14. The van der Waals surface area contributed by atoms with E-state index in [-0.39, 0.29) is 0 Å². The van der Waals surface area contributed by atoms with Crippen molar-refractivity contribution in [2.45, 2.75) is 65.5 Å². The smallest absolute Gasteiger partial charge is 0.398 e. The minimum absolute atomic E-state index is 0.751. The van der Waals surface area contributed by atoms with Gasteiger partial charge in [0.15, 0.2) is 0 Å². The van der Waals surface area contributed by atoms with Gasteiger partial charge in [-0.15, -0.1) is 0 Å². The molecule has 0 aliphatic rings. The highest BCUT2D eigenvalue weighted by Gasteiger charge is 2.36. The van der Waals surface area contributed by atoms with Gasteiger partial charge in [0.1, 0.15) is 5.75 Å². The lowest BCUT2D eigenvalue weighted by molar-refractivity contribution is 0.230. The maximum absolute atomic E-state index is 6.35. The van der Waals surface area contributed by atoms with E-state index in [1.165, 1.54) is 19.3 Å². The highest BCUT2D eigenvalue weighted by atomic mass is 35.5. The molecule has 0 bridgehead atoms. The third kappa shape index (κ3) is 6.01. The largest absolute Gasteiger partial charge is 0.520 e. The zero-order chi connectivity index (χ0) is 15.7. The van der Waals surface area contributed by atoms with Crippen molar-refractivity contribution in [2.24, 2.45) is 0 Å². The number of hydrogen-bond acceptors (Lipinski definition) is 2. The molecule has 2 nitrogen and oxygen atoms in total. The first-order valence-electron chi connectivity index (χ1n) is 8.16. The summed E-state index contributed by atoms with van der Waals surface area (Å²) in [6, 6.07) is 7.74. The van der Waals surface area contributed by atoms with Crippen LogP contribution in [-0.4, -0.2) is 15.2 Å². The fourth-order valence-corrected chi connectivity index (χ4v) is 4.97. The van der Waals surface area contributed by atoms with Crippen LogP contribution in [0.1, 0.15) is 52.0 Å². The summed E-state index contributed by atoms with van der Waals surface area (Å²) in [6.07, 6.45) is 4.91. The van der Waals surface area contributed by atoms with Crippen molar-refractivity contribution in [3.05, 3.63) is 28.8 Å². The standard InChI is InChI=1S/C17H29ClO2Si/c1-5-8-9-10-13-19-21(6-2,7-3)20-17-12-11-16(18)14-15(17)4/h11-12,14H,5-10,13H2,1-4H3. The quantitative estimate of drug-likeness (QED) is 0.381. The SMILES string of the molecule is CCCCCCO[Si](CC)(CC)Oc1ccc(Cl)cc1C. The number of aryl methyl sites for hydroxylation is 1. The first-order chi connectivity index (χ1) is 10.1. The number of unbranched alkanes of at least 4 members (excludes halogenated alkanes) is 3. The molecule has 0 radical (unpaired) electrons. The van der Waals surface area contributed by atoms with E-state index in [9.17, 15) is 0 Å². The summed E-state index contributed by atoms with van der Waals surface area (Å²) in [5, 5.41) is 0.751. The highest BCUT2D eigenvalue weighted by molar-refractivity contribution is 6.68. The van der Waals surface area contributed by atoms with Crippen LogP contribution in [0.15, 0.2) is 18.2 Å². The molecule has 0 aromatic heterocycles. The Kier molecular flexibility index (Phi) is 8.38. The highest BCUT2D eigenvalue weighted by Crippen LogP contribution is 2.28. The topological polar surface area (TPSA) is 18.5 Å². The van der Waals surface area contributed by atoms with Gasteiger partial charge in [-0.05, 0) is 49.2 Å². The molecule has 0 aliphatic heterocycles. The Morgan fingerprint density at radius 1 is 1.05 bits per heavy atom. The van der Waals surface area contributed by atoms with E-state index >= 15 is 0 Å². The van der Waals surface area contributed by atoms with Gasteiger partial charge in [-0.1, -0.05) is 51.6 Å². The van der Waals surface area contributed by atoms with Crippen LogP contribution >= 0.6 is 11.6 Å². The van der Waals surface area contributed by atoms with Crippen molar-refractivity contribution in [1.82, 2.24) is 0 Å². The zero-order valence-corrected chi connectivity index (χ0v) is 15.6. The normalized spacial score (nSPS) is 11.7. The lowest BCUT2D eigenvalue weighted by Gasteiger charge is -2.30. The second-order valence-corrected chi connectivity index (χ2v) is 9.70. The van der Waals surface area contributed by atoms with Crippen molar-refractivity contribution in [1.29, 1.82) is 0 Å². The predicted octanol–water partition coefficient (Wildman–Crippen LogP) is 6.11. The fourth-order valence-electron chi connectivity index (χ4n) is 2.34. The number of halogens is 1. The van der Waals surface area contributed by atoms with Crippen LogP contribution < -0.4 is 4.43 Å². The van der Waals surface area contributed by atoms with E-state index in [0.29, 0.717) is 0 Å². The molecule has 1 aromatic carbocycles. The molecule has 0 amide bonds. The Hall–Kier alpha value is -0.513. The summed E-state index contributed by atoms with van der Waals surface area (Å²) in [5.74, 6) is 0.920. The molecule has 0 N–H and O–H groups in total. The molecule has 0 saturated heterocycles. The second kappa shape index (κ2) is 9.49. The molecule has 120 valence electrons. The van der Waals surface area contributed by atoms with Crippen LogP contribution in [0, 0.1) is 6.92 Å². The Morgan fingerprint density at radius 2 is 1.76 bits per heavy atom. The van der Waals surface area contributed by atoms with Crippen LogP contribution in [-0.2, 0) is 4.43 Å². The Labute approximate surface area is 136 Å². The summed E-state index contributed by atoms with van der Waals surface area (Å²) < 4.78 is 12.6. The molecule has 21 heavy (non-hydrogen) atoms. The van der Waals surface area contributed by atoms with Gasteiger partial charge in [-0.2, -0.15) is 0 Å². The maximum Gasteiger partial charge on any atom is 0.398 e. The van der Waals surface area contributed by atoms with Crippen LogP contribution in [0.5, 0.6) is 5.75 Å². The summed E-state index contributed by atoms with van der Waals surface area (Å²) >= 11 is 6.01. The molecule has 0 saturated carbocycles. The van der Waals surface area contributed by atoms with Gasteiger partial charge in [0, 0.05) is 11.6 Å². The van der Waals surface area contributed by atoms with E-state index in [2.05, 4.69) is 20.8 Å². The molecule has 4 heteroatoms. The lowest BCUT2D eigenvalue weighted by Crippen LogP contribution is -2.44. The fraction of sp³-hybridized carbons (Fsp3) is 0.647. The molecule has 0 atom stereocenters. The Bertz CT molecular complexity index is 419. The van der Waals surface area contributed by atoms with Gasteiger partial charge in [0.25, 0.3) is 0 Å². The number of rotatable bonds is 10. The van der Waals surface area contributed by atoms with Crippen molar-refractivity contribution in [3.8, 4) is 5.75 Å². The van der Waals surface area contributed by atoms with Gasteiger partial charge in [-0.3, -0.25) is 0 Å². The molecular formula is C17H29ClO2Si. The first-order valence-corrected chi connectivity index (χ1v) is 10.8. The summed E-state index contributed by atoms with van der Waals surface area (Å²) in [5.41, 5.74) is 1.08. The van der Waals surface area contributed by atoms with Crippen LogP contribution in [0.4, 0.5) is 0 Å². The Balaban J connectivity index is 2.66. The van der Waals surface area contributed by atoms with Crippen LogP contribution in [0.2, 0.25) is 17.1 Å². The van der Waals surface area contributed by atoms with E-state index in [1.54, 1.807) is 0 Å². The summed E-state index contributed by atoms with van der Waals surface area (Å²) in [4.78, 5) is 0. The zero-order valence-electron chi connectivity index (χ0n) is 13.9. The van der Waals surface area contributed by atoms with Gasteiger partial charge < -0.3 is 8.85 Å². The second-order valence-electron chi connectivity index (χ2n) is 5.54. The average Bonchev–Trinajstić information content (AvgIpc) is 2.48.